The Kier molecular flexibility index (Phi) is 4.48. The normalized spacial score (nSPS) is 20.6. The van der Waals surface area contributed by atoms with Crippen molar-refractivity contribution in [2.24, 2.45) is 5.73 Å². The maximum absolute atomic E-state index is 11.8. The van der Waals surface area contributed by atoms with Crippen molar-refractivity contribution in [1.29, 1.82) is 0 Å². The van der Waals surface area contributed by atoms with Gasteiger partial charge in [0.05, 0.1) is 6.04 Å². The summed E-state index contributed by atoms with van der Waals surface area (Å²) in [5.74, 6) is -0.132. The molecular formula is C9H20N4O3S. The lowest BCUT2D eigenvalue weighted by atomic mass is 10.2. The zero-order valence-electron chi connectivity index (χ0n) is 10.5. The van der Waals surface area contributed by atoms with Crippen molar-refractivity contribution >= 4 is 16.1 Å². The molecule has 0 saturated carbocycles. The summed E-state index contributed by atoms with van der Waals surface area (Å²) < 4.78 is 26.2. The zero-order valence-corrected chi connectivity index (χ0v) is 11.3. The van der Waals surface area contributed by atoms with Gasteiger partial charge in [0.25, 0.3) is 10.2 Å². The Morgan fingerprint density at radius 3 is 2.06 bits per heavy atom. The minimum atomic E-state index is -3.37. The fraction of sp³-hybridized carbons (Fsp3) is 0.889. The molecular weight excluding hydrogens is 244 g/mol. The summed E-state index contributed by atoms with van der Waals surface area (Å²) in [6.45, 7) is 3.06. The molecule has 1 amide bonds. The number of piperazine rings is 1. The van der Waals surface area contributed by atoms with E-state index in [-0.39, 0.29) is 5.91 Å². The molecule has 1 atom stereocenters. The number of nitrogens with two attached hydrogens (primary N) is 1. The lowest BCUT2D eigenvalue weighted by Crippen LogP contribution is -2.55. The molecule has 1 heterocycles. The van der Waals surface area contributed by atoms with Crippen LogP contribution in [0.2, 0.25) is 0 Å². The van der Waals surface area contributed by atoms with E-state index in [1.807, 2.05) is 0 Å². The fourth-order valence-corrected chi connectivity index (χ4v) is 2.74. The van der Waals surface area contributed by atoms with Crippen LogP contribution in [-0.2, 0) is 15.0 Å². The molecule has 0 bridgehead atoms. The first-order valence-corrected chi connectivity index (χ1v) is 6.88. The van der Waals surface area contributed by atoms with Gasteiger partial charge >= 0.3 is 0 Å². The fourth-order valence-electron chi connectivity index (χ4n) is 1.66. The predicted octanol–water partition coefficient (Wildman–Crippen LogP) is -1.72. The van der Waals surface area contributed by atoms with Gasteiger partial charge in [0.1, 0.15) is 0 Å². The van der Waals surface area contributed by atoms with Crippen LogP contribution in [0.3, 0.4) is 0 Å². The molecule has 1 aliphatic heterocycles. The second kappa shape index (κ2) is 5.30. The average Bonchev–Trinajstić information content (AvgIpc) is 2.27. The van der Waals surface area contributed by atoms with E-state index in [1.165, 1.54) is 22.7 Å². The third-order valence-corrected chi connectivity index (χ3v) is 4.67. The Labute approximate surface area is 102 Å². The van der Waals surface area contributed by atoms with Gasteiger partial charge < -0.3 is 10.6 Å². The second-order valence-corrected chi connectivity index (χ2v) is 6.45. The summed E-state index contributed by atoms with van der Waals surface area (Å²) >= 11 is 0. The third-order valence-electron chi connectivity index (χ3n) is 2.73. The molecule has 0 radical (unpaired) electrons. The number of amides is 1. The third kappa shape index (κ3) is 3.15. The number of carbonyl (C=O) groups is 1. The molecule has 0 aromatic rings. The van der Waals surface area contributed by atoms with Crippen molar-refractivity contribution < 1.29 is 13.2 Å². The quantitative estimate of drug-likeness (QED) is 0.657. The molecule has 17 heavy (non-hydrogen) atoms. The number of hydrogen-bond donors (Lipinski definition) is 1. The highest BCUT2D eigenvalue weighted by atomic mass is 32.2. The summed E-state index contributed by atoms with van der Waals surface area (Å²) in [4.78, 5) is 13.2. The van der Waals surface area contributed by atoms with Gasteiger partial charge in [-0.05, 0) is 6.92 Å². The van der Waals surface area contributed by atoms with Crippen molar-refractivity contribution in [3.8, 4) is 0 Å². The van der Waals surface area contributed by atoms with E-state index >= 15 is 0 Å². The number of hydrogen-bond acceptors (Lipinski definition) is 4. The van der Waals surface area contributed by atoms with Crippen LogP contribution in [0.25, 0.3) is 0 Å². The average molecular weight is 264 g/mol. The molecule has 0 aromatic heterocycles. The van der Waals surface area contributed by atoms with Crippen LogP contribution in [0, 0.1) is 0 Å². The molecule has 8 heteroatoms. The Bertz CT molecular complexity index is 372. The van der Waals surface area contributed by atoms with E-state index in [2.05, 4.69) is 0 Å². The van der Waals surface area contributed by atoms with Crippen LogP contribution in [0.15, 0.2) is 0 Å². The summed E-state index contributed by atoms with van der Waals surface area (Å²) in [6, 6.07) is -0.535. The SMILES string of the molecule is CC(N)C(=O)N1CCN(S(=O)(=O)N(C)C)CC1. The highest BCUT2D eigenvalue weighted by Crippen LogP contribution is 2.10. The Morgan fingerprint density at radius 2 is 1.71 bits per heavy atom. The van der Waals surface area contributed by atoms with Crippen LogP contribution < -0.4 is 5.73 Å². The Hall–Kier alpha value is -0.700. The van der Waals surface area contributed by atoms with Crippen LogP contribution >= 0.6 is 0 Å². The molecule has 1 rings (SSSR count). The second-order valence-electron chi connectivity index (χ2n) is 4.30. The molecule has 1 fully saturated rings. The first kappa shape index (κ1) is 14.4. The van der Waals surface area contributed by atoms with Gasteiger partial charge in [-0.1, -0.05) is 0 Å². The molecule has 1 aliphatic rings. The van der Waals surface area contributed by atoms with Gasteiger partial charge in [-0.2, -0.15) is 17.0 Å². The van der Waals surface area contributed by atoms with Gasteiger partial charge in [0.2, 0.25) is 5.91 Å². The molecule has 0 aromatic carbocycles. The van der Waals surface area contributed by atoms with E-state index in [4.69, 9.17) is 5.73 Å². The van der Waals surface area contributed by atoms with Gasteiger partial charge in [-0.15, -0.1) is 0 Å². The van der Waals surface area contributed by atoms with Crippen LogP contribution in [0.5, 0.6) is 0 Å². The van der Waals surface area contributed by atoms with Gasteiger partial charge in [-0.3, -0.25) is 4.79 Å². The predicted molar refractivity (Wildman–Crippen MR) is 64.4 cm³/mol. The minimum absolute atomic E-state index is 0.132. The monoisotopic (exact) mass is 264 g/mol. The molecule has 2 N–H and O–H groups in total. The Balaban J connectivity index is 2.61. The van der Waals surface area contributed by atoms with Gasteiger partial charge in [0.15, 0.2) is 0 Å². The van der Waals surface area contributed by atoms with Gasteiger partial charge in [0, 0.05) is 40.3 Å². The summed E-state index contributed by atoms with van der Waals surface area (Å²) in [5.41, 5.74) is 5.50. The summed E-state index contributed by atoms with van der Waals surface area (Å²) in [5, 5.41) is 0. The summed E-state index contributed by atoms with van der Waals surface area (Å²) in [6.07, 6.45) is 0. The molecule has 0 spiro atoms. The first-order chi connectivity index (χ1) is 7.76. The van der Waals surface area contributed by atoms with Crippen molar-refractivity contribution in [3.05, 3.63) is 0 Å². The Morgan fingerprint density at radius 1 is 1.24 bits per heavy atom. The topological polar surface area (TPSA) is 87.0 Å². The number of nitrogens with zero attached hydrogens (tertiary/aromatic N) is 3. The van der Waals surface area contributed by atoms with E-state index in [0.717, 1.165) is 0 Å². The lowest BCUT2D eigenvalue weighted by molar-refractivity contribution is -0.133. The van der Waals surface area contributed by atoms with Crippen LogP contribution in [0.1, 0.15) is 6.92 Å². The molecule has 7 nitrogen and oxygen atoms in total. The smallest absolute Gasteiger partial charge is 0.281 e. The molecule has 1 saturated heterocycles. The van der Waals surface area contributed by atoms with Crippen LogP contribution in [0.4, 0.5) is 0 Å². The van der Waals surface area contributed by atoms with Crippen molar-refractivity contribution in [3.63, 3.8) is 0 Å². The van der Waals surface area contributed by atoms with E-state index in [1.54, 1.807) is 11.8 Å². The zero-order chi connectivity index (χ0) is 13.2. The van der Waals surface area contributed by atoms with E-state index in [9.17, 15) is 13.2 Å². The number of rotatable bonds is 3. The van der Waals surface area contributed by atoms with Crippen molar-refractivity contribution in [2.45, 2.75) is 13.0 Å². The number of carbonyl (C=O) groups excluding carboxylic acids is 1. The minimum Gasteiger partial charge on any atom is -0.339 e. The molecule has 0 aliphatic carbocycles. The van der Waals surface area contributed by atoms with E-state index < -0.39 is 16.3 Å². The first-order valence-electron chi connectivity index (χ1n) is 5.48. The molecule has 100 valence electrons. The maximum Gasteiger partial charge on any atom is 0.281 e. The van der Waals surface area contributed by atoms with Crippen LogP contribution in [-0.4, -0.2) is 74.2 Å². The van der Waals surface area contributed by atoms with Gasteiger partial charge in [-0.25, -0.2) is 0 Å². The highest BCUT2D eigenvalue weighted by Gasteiger charge is 2.30. The van der Waals surface area contributed by atoms with Crippen molar-refractivity contribution in [1.82, 2.24) is 13.5 Å². The molecule has 1 unspecified atom stereocenters. The van der Waals surface area contributed by atoms with Crippen molar-refractivity contribution in [2.75, 3.05) is 40.3 Å². The maximum atomic E-state index is 11.8. The standard InChI is InChI=1S/C9H20N4O3S/c1-8(10)9(14)12-4-6-13(7-5-12)17(15,16)11(2)3/h8H,4-7,10H2,1-3H3. The van der Waals surface area contributed by atoms with E-state index in [0.29, 0.717) is 26.2 Å². The lowest BCUT2D eigenvalue weighted by Gasteiger charge is -2.35. The summed E-state index contributed by atoms with van der Waals surface area (Å²) in [7, 11) is -0.382. The largest absolute Gasteiger partial charge is 0.339 e. The highest BCUT2D eigenvalue weighted by molar-refractivity contribution is 7.86.